The molecule has 3 aromatic rings. The maximum atomic E-state index is 13.3. The molecule has 1 aromatic heterocycles. The standard InChI is InChI=1S/C19H17F4N3O/c1-2-26(11-13-5-3-8-16(20)9-13)12-17-24-18(25-27-17)14-6-4-7-15(10-14)19(21,22)23/h3-10H,2,11-12H2,1H3. The first-order chi connectivity index (χ1) is 12.8. The van der Waals surface area contributed by atoms with E-state index < -0.39 is 11.7 Å². The van der Waals surface area contributed by atoms with Crippen molar-refractivity contribution in [2.75, 3.05) is 6.54 Å². The van der Waals surface area contributed by atoms with E-state index >= 15 is 0 Å². The summed E-state index contributed by atoms with van der Waals surface area (Å²) in [6.45, 7) is 3.37. The highest BCUT2D eigenvalue weighted by molar-refractivity contribution is 5.55. The van der Waals surface area contributed by atoms with Gasteiger partial charge in [-0.3, -0.25) is 4.90 Å². The Morgan fingerprint density at radius 2 is 1.81 bits per heavy atom. The van der Waals surface area contributed by atoms with Crippen LogP contribution in [0.25, 0.3) is 11.4 Å². The average Bonchev–Trinajstić information content (AvgIpc) is 3.09. The molecule has 0 aliphatic rings. The molecule has 8 heteroatoms. The highest BCUT2D eigenvalue weighted by Gasteiger charge is 2.30. The molecule has 3 rings (SSSR count). The number of rotatable bonds is 6. The second kappa shape index (κ2) is 7.87. The van der Waals surface area contributed by atoms with E-state index in [4.69, 9.17) is 4.52 Å². The van der Waals surface area contributed by atoms with Gasteiger partial charge in [0.05, 0.1) is 12.1 Å². The lowest BCUT2D eigenvalue weighted by Gasteiger charge is -2.18. The molecule has 0 amide bonds. The zero-order valence-electron chi connectivity index (χ0n) is 14.5. The number of halogens is 4. The fourth-order valence-corrected chi connectivity index (χ4v) is 2.64. The second-order valence-electron chi connectivity index (χ2n) is 6.02. The van der Waals surface area contributed by atoms with Gasteiger partial charge in [0.15, 0.2) is 0 Å². The highest BCUT2D eigenvalue weighted by atomic mass is 19.4. The lowest BCUT2D eigenvalue weighted by Crippen LogP contribution is -2.22. The van der Waals surface area contributed by atoms with Gasteiger partial charge in [0.1, 0.15) is 5.82 Å². The van der Waals surface area contributed by atoms with E-state index in [0.717, 1.165) is 17.7 Å². The SMILES string of the molecule is CCN(Cc1cccc(F)c1)Cc1nc(-c2cccc(C(F)(F)F)c2)no1. The lowest BCUT2D eigenvalue weighted by molar-refractivity contribution is -0.137. The summed E-state index contributed by atoms with van der Waals surface area (Å²) in [6, 6.07) is 11.0. The van der Waals surface area contributed by atoms with E-state index in [0.29, 0.717) is 19.6 Å². The summed E-state index contributed by atoms with van der Waals surface area (Å²) in [5.41, 5.74) is 0.259. The number of hydrogen-bond donors (Lipinski definition) is 0. The van der Waals surface area contributed by atoms with Gasteiger partial charge in [0.2, 0.25) is 11.7 Å². The molecule has 0 bridgehead atoms. The van der Waals surface area contributed by atoms with E-state index in [2.05, 4.69) is 10.1 Å². The van der Waals surface area contributed by atoms with Crippen LogP contribution >= 0.6 is 0 Å². The summed E-state index contributed by atoms with van der Waals surface area (Å²) in [7, 11) is 0. The van der Waals surface area contributed by atoms with Crippen molar-refractivity contribution in [3.05, 3.63) is 71.4 Å². The molecule has 0 aliphatic heterocycles. The number of hydrogen-bond acceptors (Lipinski definition) is 4. The van der Waals surface area contributed by atoms with Gasteiger partial charge >= 0.3 is 6.18 Å². The Bertz CT molecular complexity index is 908. The van der Waals surface area contributed by atoms with Crippen LogP contribution in [0.2, 0.25) is 0 Å². The van der Waals surface area contributed by atoms with Crippen LogP contribution in [0.1, 0.15) is 23.9 Å². The number of benzene rings is 2. The Kier molecular flexibility index (Phi) is 5.55. The molecule has 0 atom stereocenters. The van der Waals surface area contributed by atoms with Gasteiger partial charge in [-0.15, -0.1) is 0 Å². The van der Waals surface area contributed by atoms with Crippen LogP contribution in [0, 0.1) is 5.82 Å². The zero-order chi connectivity index (χ0) is 19.4. The number of nitrogens with zero attached hydrogens (tertiary/aromatic N) is 3. The number of alkyl halides is 3. The third kappa shape index (κ3) is 4.91. The van der Waals surface area contributed by atoms with Gasteiger partial charge in [0, 0.05) is 12.1 Å². The minimum Gasteiger partial charge on any atom is -0.338 e. The predicted octanol–water partition coefficient (Wildman–Crippen LogP) is 4.92. The Balaban J connectivity index is 1.73. The molecule has 4 nitrogen and oxygen atoms in total. The van der Waals surface area contributed by atoms with Gasteiger partial charge < -0.3 is 4.52 Å². The van der Waals surface area contributed by atoms with Crippen LogP contribution in [-0.2, 0) is 19.3 Å². The van der Waals surface area contributed by atoms with Crippen LogP contribution in [0.3, 0.4) is 0 Å². The van der Waals surface area contributed by atoms with Gasteiger partial charge in [-0.05, 0) is 36.4 Å². The van der Waals surface area contributed by atoms with Crippen LogP contribution in [0.15, 0.2) is 53.1 Å². The minimum atomic E-state index is -4.44. The van der Waals surface area contributed by atoms with Crippen LogP contribution < -0.4 is 0 Å². The summed E-state index contributed by atoms with van der Waals surface area (Å²) in [5, 5.41) is 3.78. The smallest absolute Gasteiger partial charge is 0.338 e. The average molecular weight is 379 g/mol. The van der Waals surface area contributed by atoms with Gasteiger partial charge in [-0.25, -0.2) is 4.39 Å². The molecule has 27 heavy (non-hydrogen) atoms. The summed E-state index contributed by atoms with van der Waals surface area (Å²) in [4.78, 5) is 6.15. The van der Waals surface area contributed by atoms with Crippen molar-refractivity contribution >= 4 is 0 Å². The van der Waals surface area contributed by atoms with Crippen molar-refractivity contribution in [1.82, 2.24) is 15.0 Å². The van der Waals surface area contributed by atoms with E-state index in [1.165, 1.54) is 24.3 Å². The fraction of sp³-hybridized carbons (Fsp3) is 0.263. The Morgan fingerprint density at radius 1 is 1.04 bits per heavy atom. The second-order valence-corrected chi connectivity index (χ2v) is 6.02. The summed E-state index contributed by atoms with van der Waals surface area (Å²) in [5.74, 6) is 0.0618. The molecule has 0 aliphatic carbocycles. The quantitative estimate of drug-likeness (QED) is 0.571. The maximum Gasteiger partial charge on any atom is 0.416 e. The first-order valence-corrected chi connectivity index (χ1v) is 8.32. The minimum absolute atomic E-state index is 0.0953. The van der Waals surface area contributed by atoms with Crippen molar-refractivity contribution in [1.29, 1.82) is 0 Å². The van der Waals surface area contributed by atoms with Crippen LogP contribution in [0.5, 0.6) is 0 Å². The van der Waals surface area contributed by atoms with Crippen molar-refractivity contribution in [3.8, 4) is 11.4 Å². The topological polar surface area (TPSA) is 42.2 Å². The lowest BCUT2D eigenvalue weighted by atomic mass is 10.1. The zero-order valence-corrected chi connectivity index (χ0v) is 14.5. The molecule has 0 radical (unpaired) electrons. The Morgan fingerprint density at radius 3 is 2.52 bits per heavy atom. The van der Waals surface area contributed by atoms with Crippen LogP contribution in [0.4, 0.5) is 17.6 Å². The largest absolute Gasteiger partial charge is 0.416 e. The van der Waals surface area contributed by atoms with Crippen molar-refractivity contribution in [2.24, 2.45) is 0 Å². The van der Waals surface area contributed by atoms with Gasteiger partial charge in [-0.2, -0.15) is 18.2 Å². The Labute approximate surface area is 153 Å². The first kappa shape index (κ1) is 19.0. The molecule has 0 saturated carbocycles. The summed E-state index contributed by atoms with van der Waals surface area (Å²) in [6.07, 6.45) is -4.44. The highest BCUT2D eigenvalue weighted by Crippen LogP contribution is 2.31. The third-order valence-electron chi connectivity index (χ3n) is 4.02. The summed E-state index contributed by atoms with van der Waals surface area (Å²) < 4.78 is 57.0. The van der Waals surface area contributed by atoms with Crippen molar-refractivity contribution < 1.29 is 22.1 Å². The molecule has 2 aromatic carbocycles. The van der Waals surface area contributed by atoms with Crippen LogP contribution in [-0.4, -0.2) is 21.6 Å². The number of aromatic nitrogens is 2. The molecule has 0 unspecified atom stereocenters. The molecule has 0 N–H and O–H groups in total. The molecule has 0 saturated heterocycles. The van der Waals surface area contributed by atoms with E-state index in [9.17, 15) is 17.6 Å². The predicted molar refractivity (Wildman–Crippen MR) is 90.9 cm³/mol. The van der Waals surface area contributed by atoms with Gasteiger partial charge in [-0.1, -0.05) is 36.3 Å². The molecule has 0 fully saturated rings. The molecular weight excluding hydrogens is 362 g/mol. The van der Waals surface area contributed by atoms with Crippen molar-refractivity contribution in [2.45, 2.75) is 26.2 Å². The molecule has 1 heterocycles. The monoisotopic (exact) mass is 379 g/mol. The first-order valence-electron chi connectivity index (χ1n) is 8.32. The molecule has 142 valence electrons. The fourth-order valence-electron chi connectivity index (χ4n) is 2.64. The normalized spacial score (nSPS) is 11.9. The Hall–Kier alpha value is -2.74. The van der Waals surface area contributed by atoms with E-state index in [-0.39, 0.29) is 23.1 Å². The maximum absolute atomic E-state index is 13.3. The summed E-state index contributed by atoms with van der Waals surface area (Å²) >= 11 is 0. The van der Waals surface area contributed by atoms with Gasteiger partial charge in [0.25, 0.3) is 0 Å². The van der Waals surface area contributed by atoms with Crippen molar-refractivity contribution in [3.63, 3.8) is 0 Å². The molecular formula is C19H17F4N3O. The van der Waals surface area contributed by atoms with E-state index in [1.54, 1.807) is 6.07 Å². The van der Waals surface area contributed by atoms with E-state index in [1.807, 2.05) is 17.9 Å². The molecule has 0 spiro atoms. The third-order valence-corrected chi connectivity index (χ3v) is 4.02.